The number of pyridine rings is 1. The Labute approximate surface area is 211 Å². The van der Waals surface area contributed by atoms with Crippen molar-refractivity contribution in [1.82, 2.24) is 10.3 Å². The molecule has 11 heteroatoms. The fourth-order valence-electron chi connectivity index (χ4n) is 3.83. The highest BCUT2D eigenvalue weighted by molar-refractivity contribution is 6.42. The van der Waals surface area contributed by atoms with Gasteiger partial charge in [-0.05, 0) is 24.6 Å². The van der Waals surface area contributed by atoms with Crippen LogP contribution in [0.4, 0.5) is 5.82 Å². The highest BCUT2D eigenvalue weighted by atomic mass is 35.5. The molecule has 0 saturated carbocycles. The Morgan fingerprint density at radius 1 is 1.14 bits per heavy atom. The molecule has 0 bridgehead atoms. The van der Waals surface area contributed by atoms with Gasteiger partial charge < -0.3 is 29.3 Å². The van der Waals surface area contributed by atoms with E-state index in [1.165, 1.54) is 32.6 Å². The average Bonchev–Trinajstić information content (AvgIpc) is 3.29. The molecule has 3 aromatic rings. The van der Waals surface area contributed by atoms with Gasteiger partial charge in [0.25, 0.3) is 0 Å². The number of hydrogen-bond acceptors (Lipinski definition) is 8. The number of aromatic nitrogens is 1. The van der Waals surface area contributed by atoms with Crippen LogP contribution in [0.3, 0.4) is 0 Å². The summed E-state index contributed by atoms with van der Waals surface area (Å²) in [6.45, 7) is 4.43. The molecule has 2 aromatic heterocycles. The fourth-order valence-corrected chi connectivity index (χ4v) is 4.50. The molecule has 0 radical (unpaired) electrons. The first-order valence-corrected chi connectivity index (χ1v) is 11.4. The summed E-state index contributed by atoms with van der Waals surface area (Å²) in [7, 11) is 2.85. The number of carbonyl (C=O) groups is 2. The predicted octanol–water partition coefficient (Wildman–Crippen LogP) is 4.25. The molecule has 35 heavy (non-hydrogen) atoms. The Morgan fingerprint density at radius 2 is 1.86 bits per heavy atom. The zero-order valence-electron chi connectivity index (χ0n) is 19.0. The number of hydrogen-bond donors (Lipinski definition) is 2. The zero-order valence-corrected chi connectivity index (χ0v) is 20.5. The molecule has 0 aliphatic carbocycles. The highest BCUT2D eigenvalue weighted by Crippen LogP contribution is 2.41. The van der Waals surface area contributed by atoms with E-state index in [1.807, 2.05) is 0 Å². The van der Waals surface area contributed by atoms with Crippen LogP contribution in [0.5, 0.6) is 11.5 Å². The smallest absolute Gasteiger partial charge is 0.243 e. The molecule has 184 valence electrons. The number of rotatable bonds is 8. The standard InChI is InChI=1S/C24H23Cl2N3O6/c1-4-20(30)29-13-5-6-34-11-14(13)28-19-8-12-7-17(35-18(12)10-27-19)24(31)21-22(25)15(32-2)9-16(33-3)23(21)26/h4,7-10,13-14H,1,5-6,11H2,2-3H3,(H,27,28)(H,29,30). The number of ketones is 1. The van der Waals surface area contributed by atoms with Crippen molar-refractivity contribution in [2.45, 2.75) is 18.5 Å². The maximum absolute atomic E-state index is 13.3. The van der Waals surface area contributed by atoms with Gasteiger partial charge in [-0.25, -0.2) is 4.98 Å². The summed E-state index contributed by atoms with van der Waals surface area (Å²) >= 11 is 12.8. The molecule has 2 atom stereocenters. The molecule has 9 nitrogen and oxygen atoms in total. The number of benzene rings is 1. The third kappa shape index (κ3) is 5.07. The second kappa shape index (κ2) is 10.6. The first-order chi connectivity index (χ1) is 16.9. The van der Waals surface area contributed by atoms with Gasteiger partial charge in [-0.1, -0.05) is 29.8 Å². The van der Waals surface area contributed by atoms with Crippen LogP contribution in [0.1, 0.15) is 22.5 Å². The third-order valence-corrected chi connectivity index (χ3v) is 6.38. The number of halogens is 2. The van der Waals surface area contributed by atoms with Gasteiger partial charge in [0.05, 0.1) is 54.7 Å². The maximum atomic E-state index is 13.3. The van der Waals surface area contributed by atoms with Gasteiger partial charge in [0.2, 0.25) is 11.7 Å². The Morgan fingerprint density at radius 3 is 2.51 bits per heavy atom. The van der Waals surface area contributed by atoms with Gasteiger partial charge in [0, 0.05) is 18.1 Å². The second-order valence-electron chi connectivity index (χ2n) is 7.76. The van der Waals surface area contributed by atoms with Gasteiger partial charge in [-0.15, -0.1) is 0 Å². The lowest BCUT2D eigenvalue weighted by molar-refractivity contribution is -0.117. The summed E-state index contributed by atoms with van der Waals surface area (Å²) < 4.78 is 21.8. The average molecular weight is 520 g/mol. The van der Waals surface area contributed by atoms with Crippen molar-refractivity contribution >= 4 is 51.7 Å². The minimum Gasteiger partial charge on any atom is -0.495 e. The highest BCUT2D eigenvalue weighted by Gasteiger charge is 2.28. The molecule has 1 aliphatic heterocycles. The number of carbonyl (C=O) groups excluding carboxylic acids is 2. The van der Waals surface area contributed by atoms with Gasteiger partial charge in [-0.2, -0.15) is 0 Å². The Bertz CT molecular complexity index is 1260. The molecule has 1 aliphatic rings. The summed E-state index contributed by atoms with van der Waals surface area (Å²) in [5.74, 6) is 0.258. The molecular weight excluding hydrogens is 497 g/mol. The molecule has 1 saturated heterocycles. The molecular formula is C24H23Cl2N3O6. The maximum Gasteiger partial charge on any atom is 0.243 e. The second-order valence-corrected chi connectivity index (χ2v) is 8.52. The summed E-state index contributed by atoms with van der Waals surface area (Å²) in [6.07, 6.45) is 3.39. The monoisotopic (exact) mass is 519 g/mol. The molecule has 1 amide bonds. The number of amides is 1. The Kier molecular flexibility index (Phi) is 7.49. The minimum absolute atomic E-state index is 0.00931. The molecule has 0 spiro atoms. The van der Waals surface area contributed by atoms with Crippen LogP contribution in [-0.2, 0) is 9.53 Å². The first kappa shape index (κ1) is 24.8. The quantitative estimate of drug-likeness (QED) is 0.335. The zero-order chi connectivity index (χ0) is 25.1. The van der Waals surface area contributed by atoms with Crippen LogP contribution in [0.2, 0.25) is 10.0 Å². The summed E-state index contributed by atoms with van der Waals surface area (Å²) in [6, 6.07) is 4.47. The fraction of sp³-hybridized carbons (Fsp3) is 0.292. The van der Waals surface area contributed by atoms with Gasteiger partial charge in [-0.3, -0.25) is 9.59 Å². The largest absolute Gasteiger partial charge is 0.495 e. The first-order valence-electron chi connectivity index (χ1n) is 10.7. The van der Waals surface area contributed by atoms with Gasteiger partial charge in [0.1, 0.15) is 17.3 Å². The number of anilines is 1. The van der Waals surface area contributed by atoms with Gasteiger partial charge in [0.15, 0.2) is 11.3 Å². The lowest BCUT2D eigenvalue weighted by Crippen LogP contribution is -2.52. The van der Waals surface area contributed by atoms with E-state index in [0.717, 1.165) is 0 Å². The van der Waals surface area contributed by atoms with E-state index in [4.69, 9.17) is 41.8 Å². The van der Waals surface area contributed by atoms with E-state index in [1.54, 1.807) is 12.1 Å². The van der Waals surface area contributed by atoms with Crippen molar-refractivity contribution in [3.8, 4) is 11.5 Å². The van der Waals surface area contributed by atoms with Crippen molar-refractivity contribution < 1.29 is 28.2 Å². The lowest BCUT2D eigenvalue weighted by Gasteiger charge is -2.32. The van der Waals surface area contributed by atoms with Crippen molar-refractivity contribution in [1.29, 1.82) is 0 Å². The number of furan rings is 1. The van der Waals surface area contributed by atoms with E-state index < -0.39 is 5.78 Å². The Balaban J connectivity index is 1.62. The summed E-state index contributed by atoms with van der Waals surface area (Å²) in [5, 5.41) is 6.93. The SMILES string of the molecule is C=CC(=O)NC1CCOCC1Nc1cc2cc(C(=O)c3c(Cl)c(OC)cc(OC)c3Cl)oc2cn1. The summed E-state index contributed by atoms with van der Waals surface area (Å²) in [5.41, 5.74) is 0.410. The molecule has 2 N–H and O–H groups in total. The van der Waals surface area contributed by atoms with Crippen LogP contribution in [0, 0.1) is 0 Å². The van der Waals surface area contributed by atoms with Crippen molar-refractivity contribution in [3.05, 3.63) is 58.4 Å². The van der Waals surface area contributed by atoms with Crippen LogP contribution >= 0.6 is 23.2 Å². The van der Waals surface area contributed by atoms with Crippen molar-refractivity contribution in [2.24, 2.45) is 0 Å². The lowest BCUT2D eigenvalue weighted by atomic mass is 10.0. The van der Waals surface area contributed by atoms with Crippen LogP contribution in [0.15, 0.2) is 41.5 Å². The minimum atomic E-state index is -0.532. The molecule has 1 fully saturated rings. The van der Waals surface area contributed by atoms with Crippen LogP contribution < -0.4 is 20.1 Å². The van der Waals surface area contributed by atoms with E-state index in [2.05, 4.69) is 22.2 Å². The van der Waals surface area contributed by atoms with E-state index >= 15 is 0 Å². The number of nitrogens with zero attached hydrogens (tertiary/aromatic N) is 1. The van der Waals surface area contributed by atoms with Crippen molar-refractivity contribution in [3.63, 3.8) is 0 Å². The molecule has 4 rings (SSSR count). The van der Waals surface area contributed by atoms with Crippen molar-refractivity contribution in [2.75, 3.05) is 32.8 Å². The Hall–Kier alpha value is -3.27. The van der Waals surface area contributed by atoms with E-state index in [0.29, 0.717) is 36.4 Å². The topological polar surface area (TPSA) is 112 Å². The number of fused-ring (bicyclic) bond motifs is 1. The van der Waals surface area contributed by atoms with Gasteiger partial charge >= 0.3 is 0 Å². The summed E-state index contributed by atoms with van der Waals surface area (Å²) in [4.78, 5) is 29.4. The predicted molar refractivity (Wildman–Crippen MR) is 132 cm³/mol. The number of ether oxygens (including phenoxy) is 3. The van der Waals surface area contributed by atoms with Crippen LogP contribution in [0.25, 0.3) is 11.0 Å². The molecule has 3 heterocycles. The number of methoxy groups -OCH3 is 2. The normalized spacial score (nSPS) is 17.6. The number of nitrogens with one attached hydrogen (secondary N) is 2. The van der Waals surface area contributed by atoms with E-state index in [-0.39, 0.29) is 50.9 Å². The van der Waals surface area contributed by atoms with E-state index in [9.17, 15) is 9.59 Å². The van der Waals surface area contributed by atoms with Crippen LogP contribution in [-0.4, -0.2) is 56.2 Å². The third-order valence-electron chi connectivity index (χ3n) is 5.63. The molecule has 2 unspecified atom stereocenters. The molecule has 1 aromatic carbocycles.